The number of furan rings is 1. The maximum absolute atomic E-state index is 11.9. The highest BCUT2D eigenvalue weighted by Gasteiger charge is 2.29. The van der Waals surface area contributed by atoms with Gasteiger partial charge in [-0.05, 0) is 23.8 Å². The lowest BCUT2D eigenvalue weighted by atomic mass is 10.1. The van der Waals surface area contributed by atoms with E-state index in [9.17, 15) is 4.79 Å². The Hall–Kier alpha value is -2.23. The molecule has 86 valence electrons. The zero-order valence-electron chi connectivity index (χ0n) is 9.22. The van der Waals surface area contributed by atoms with Gasteiger partial charge in [-0.2, -0.15) is 0 Å². The molecule has 2 heterocycles. The largest absolute Gasteiger partial charge is 0.467 e. The molecule has 2 aromatic rings. The molecule has 0 unspecified atom stereocenters. The molecule has 0 spiro atoms. The Balaban J connectivity index is 1.99. The van der Waals surface area contributed by atoms with Gasteiger partial charge in [0.15, 0.2) is 0 Å². The normalized spacial score (nSPS) is 14.1. The molecule has 1 aliphatic rings. The summed E-state index contributed by atoms with van der Waals surface area (Å²) in [4.78, 5) is 13.6. The van der Waals surface area contributed by atoms with E-state index in [-0.39, 0.29) is 5.91 Å². The van der Waals surface area contributed by atoms with Crippen LogP contribution < -0.4 is 10.6 Å². The molecule has 2 N–H and O–H groups in total. The Bertz CT molecular complexity index is 561. The van der Waals surface area contributed by atoms with Crippen molar-refractivity contribution in [2.75, 3.05) is 10.6 Å². The van der Waals surface area contributed by atoms with Crippen LogP contribution in [0.15, 0.2) is 41.0 Å². The lowest BCUT2D eigenvalue weighted by Gasteiger charge is -2.17. The molecule has 1 aromatic carbocycles. The Morgan fingerprint density at radius 2 is 2.18 bits per heavy atom. The van der Waals surface area contributed by atoms with Crippen LogP contribution in [-0.2, 0) is 17.8 Å². The SMILES string of the molecule is Nc1cccc2c1N(Cc1ccco1)C(=O)C2. The van der Waals surface area contributed by atoms with Gasteiger partial charge in [-0.15, -0.1) is 0 Å². The number of hydrogen-bond donors (Lipinski definition) is 1. The number of anilines is 2. The summed E-state index contributed by atoms with van der Waals surface area (Å²) < 4.78 is 5.26. The molecule has 4 heteroatoms. The van der Waals surface area contributed by atoms with E-state index in [2.05, 4.69) is 0 Å². The smallest absolute Gasteiger partial charge is 0.231 e. The average Bonchev–Trinajstić information content (AvgIpc) is 2.89. The van der Waals surface area contributed by atoms with Crippen molar-refractivity contribution in [2.45, 2.75) is 13.0 Å². The van der Waals surface area contributed by atoms with Gasteiger partial charge in [0.05, 0.1) is 30.6 Å². The van der Waals surface area contributed by atoms with Gasteiger partial charge in [0.2, 0.25) is 5.91 Å². The van der Waals surface area contributed by atoms with E-state index in [1.54, 1.807) is 11.2 Å². The van der Waals surface area contributed by atoms with E-state index in [1.165, 1.54) is 0 Å². The second-order valence-electron chi connectivity index (χ2n) is 4.09. The van der Waals surface area contributed by atoms with Gasteiger partial charge in [0, 0.05) is 0 Å². The Morgan fingerprint density at radius 1 is 1.29 bits per heavy atom. The Labute approximate surface area is 98.6 Å². The molecule has 0 saturated heterocycles. The van der Waals surface area contributed by atoms with E-state index in [0.717, 1.165) is 17.0 Å². The van der Waals surface area contributed by atoms with E-state index < -0.39 is 0 Å². The van der Waals surface area contributed by atoms with Crippen molar-refractivity contribution in [3.05, 3.63) is 47.9 Å². The van der Waals surface area contributed by atoms with Crippen LogP contribution in [0.5, 0.6) is 0 Å². The van der Waals surface area contributed by atoms with Gasteiger partial charge in [-0.1, -0.05) is 12.1 Å². The van der Waals surface area contributed by atoms with Crippen molar-refractivity contribution in [3.63, 3.8) is 0 Å². The first-order chi connectivity index (χ1) is 8.25. The number of carbonyl (C=O) groups excluding carboxylic acids is 1. The predicted octanol–water partition coefficient (Wildman–Crippen LogP) is 1.95. The number of nitrogens with zero attached hydrogens (tertiary/aromatic N) is 1. The van der Waals surface area contributed by atoms with Crippen molar-refractivity contribution in [1.29, 1.82) is 0 Å². The Morgan fingerprint density at radius 3 is 2.94 bits per heavy atom. The number of nitrogen functional groups attached to an aromatic ring is 1. The van der Waals surface area contributed by atoms with Crippen LogP contribution in [0.25, 0.3) is 0 Å². The molecule has 4 nitrogen and oxygen atoms in total. The summed E-state index contributed by atoms with van der Waals surface area (Å²) in [7, 11) is 0. The first-order valence-electron chi connectivity index (χ1n) is 5.46. The molecule has 0 radical (unpaired) electrons. The number of fused-ring (bicyclic) bond motifs is 1. The minimum atomic E-state index is 0.0642. The summed E-state index contributed by atoms with van der Waals surface area (Å²) in [5, 5.41) is 0. The number of amides is 1. The minimum Gasteiger partial charge on any atom is -0.467 e. The molecule has 0 aliphatic carbocycles. The minimum absolute atomic E-state index is 0.0642. The maximum Gasteiger partial charge on any atom is 0.231 e. The molecular weight excluding hydrogens is 216 g/mol. The van der Waals surface area contributed by atoms with Crippen LogP contribution in [0, 0.1) is 0 Å². The summed E-state index contributed by atoms with van der Waals surface area (Å²) in [6.45, 7) is 0.438. The Kier molecular flexibility index (Phi) is 2.14. The van der Waals surface area contributed by atoms with Crippen molar-refractivity contribution < 1.29 is 9.21 Å². The van der Waals surface area contributed by atoms with Crippen LogP contribution in [0.1, 0.15) is 11.3 Å². The molecule has 1 amide bonds. The van der Waals surface area contributed by atoms with Crippen LogP contribution in [0.2, 0.25) is 0 Å². The first kappa shape index (κ1) is 9.96. The third-order valence-corrected chi connectivity index (χ3v) is 2.96. The summed E-state index contributed by atoms with van der Waals surface area (Å²) in [5.74, 6) is 0.823. The van der Waals surface area contributed by atoms with Gasteiger partial charge in [0.25, 0.3) is 0 Å². The van der Waals surface area contributed by atoms with Crippen LogP contribution in [-0.4, -0.2) is 5.91 Å². The molecule has 17 heavy (non-hydrogen) atoms. The second-order valence-corrected chi connectivity index (χ2v) is 4.09. The lowest BCUT2D eigenvalue weighted by Crippen LogP contribution is -2.26. The molecule has 0 bridgehead atoms. The molecule has 0 atom stereocenters. The van der Waals surface area contributed by atoms with Crippen LogP contribution in [0.4, 0.5) is 11.4 Å². The number of nitrogens with two attached hydrogens (primary N) is 1. The summed E-state index contributed by atoms with van der Waals surface area (Å²) in [5.41, 5.74) is 8.38. The zero-order chi connectivity index (χ0) is 11.8. The van der Waals surface area contributed by atoms with Crippen molar-refractivity contribution in [3.8, 4) is 0 Å². The van der Waals surface area contributed by atoms with E-state index in [0.29, 0.717) is 18.7 Å². The molecule has 1 aromatic heterocycles. The number of rotatable bonds is 2. The van der Waals surface area contributed by atoms with Gasteiger partial charge >= 0.3 is 0 Å². The highest BCUT2D eigenvalue weighted by atomic mass is 16.3. The standard InChI is InChI=1S/C13H12N2O2/c14-11-5-1-3-9-7-12(16)15(13(9)11)8-10-4-2-6-17-10/h1-6H,7-8,14H2. The monoisotopic (exact) mass is 228 g/mol. The molecule has 0 saturated carbocycles. The number of benzene rings is 1. The highest BCUT2D eigenvalue weighted by molar-refractivity contribution is 6.04. The number of hydrogen-bond acceptors (Lipinski definition) is 3. The van der Waals surface area contributed by atoms with Crippen molar-refractivity contribution >= 4 is 17.3 Å². The van der Waals surface area contributed by atoms with Crippen LogP contribution in [0.3, 0.4) is 0 Å². The molecule has 0 fully saturated rings. The van der Waals surface area contributed by atoms with Crippen molar-refractivity contribution in [2.24, 2.45) is 0 Å². The third kappa shape index (κ3) is 1.58. The zero-order valence-corrected chi connectivity index (χ0v) is 9.22. The fraction of sp³-hybridized carbons (Fsp3) is 0.154. The van der Waals surface area contributed by atoms with Gasteiger partial charge in [-0.25, -0.2) is 0 Å². The van der Waals surface area contributed by atoms with E-state index >= 15 is 0 Å². The van der Waals surface area contributed by atoms with Crippen LogP contribution >= 0.6 is 0 Å². The average molecular weight is 228 g/mol. The second kappa shape index (κ2) is 3.66. The lowest BCUT2D eigenvalue weighted by molar-refractivity contribution is -0.117. The summed E-state index contributed by atoms with van der Waals surface area (Å²) >= 11 is 0. The molecule has 3 rings (SSSR count). The molecular formula is C13H12N2O2. The van der Waals surface area contributed by atoms with Gasteiger partial charge < -0.3 is 15.1 Å². The van der Waals surface area contributed by atoms with Gasteiger partial charge in [-0.3, -0.25) is 4.79 Å². The predicted molar refractivity (Wildman–Crippen MR) is 64.5 cm³/mol. The third-order valence-electron chi connectivity index (χ3n) is 2.96. The highest BCUT2D eigenvalue weighted by Crippen LogP contribution is 2.35. The van der Waals surface area contributed by atoms with E-state index in [1.807, 2.05) is 30.3 Å². The van der Waals surface area contributed by atoms with E-state index in [4.69, 9.17) is 10.2 Å². The van der Waals surface area contributed by atoms with Gasteiger partial charge in [0.1, 0.15) is 5.76 Å². The number of para-hydroxylation sites is 1. The number of carbonyl (C=O) groups is 1. The fourth-order valence-electron chi connectivity index (χ4n) is 2.19. The maximum atomic E-state index is 11.9. The molecule has 1 aliphatic heterocycles. The quantitative estimate of drug-likeness (QED) is 0.799. The summed E-state index contributed by atoms with van der Waals surface area (Å²) in [6.07, 6.45) is 2.02. The first-order valence-corrected chi connectivity index (χ1v) is 5.46. The van der Waals surface area contributed by atoms with Crippen molar-refractivity contribution in [1.82, 2.24) is 0 Å². The fourth-order valence-corrected chi connectivity index (χ4v) is 2.19. The summed E-state index contributed by atoms with van der Waals surface area (Å²) in [6, 6.07) is 9.28. The topological polar surface area (TPSA) is 59.5 Å².